The van der Waals surface area contributed by atoms with Crippen LogP contribution in [0.2, 0.25) is 0 Å². The fourth-order valence-electron chi connectivity index (χ4n) is 3.42. The van der Waals surface area contributed by atoms with Crippen molar-refractivity contribution in [2.24, 2.45) is 5.92 Å². The largest absolute Gasteiger partial charge is 0.493 e. The highest BCUT2D eigenvalue weighted by molar-refractivity contribution is 5.76. The number of ether oxygens (including phenoxy) is 1. The number of para-hydroxylation sites is 1. The number of carbonyl (C=O) groups excluding carboxylic acids is 1. The summed E-state index contributed by atoms with van der Waals surface area (Å²) in [5.41, 5.74) is -0.238. The van der Waals surface area contributed by atoms with Gasteiger partial charge in [-0.25, -0.2) is 0 Å². The molecule has 1 fully saturated rings. The van der Waals surface area contributed by atoms with E-state index in [1.807, 2.05) is 24.3 Å². The van der Waals surface area contributed by atoms with Gasteiger partial charge in [-0.3, -0.25) is 4.79 Å². The Kier molecular flexibility index (Phi) is 4.15. The van der Waals surface area contributed by atoms with Crippen molar-refractivity contribution in [1.82, 2.24) is 5.32 Å². The number of carbonyl (C=O) groups is 1. The zero-order chi connectivity index (χ0) is 14.7. The van der Waals surface area contributed by atoms with Gasteiger partial charge in [0.25, 0.3) is 0 Å². The maximum absolute atomic E-state index is 12.0. The second-order valence-corrected chi connectivity index (χ2v) is 6.26. The van der Waals surface area contributed by atoms with Crippen LogP contribution in [0.3, 0.4) is 0 Å². The third-order valence-electron chi connectivity index (χ3n) is 4.69. The summed E-state index contributed by atoms with van der Waals surface area (Å²) in [5.74, 6) is 1.30. The van der Waals surface area contributed by atoms with Crippen LogP contribution in [0, 0.1) is 5.92 Å². The van der Waals surface area contributed by atoms with Crippen molar-refractivity contribution in [3.63, 3.8) is 0 Å². The summed E-state index contributed by atoms with van der Waals surface area (Å²) in [7, 11) is 0. The van der Waals surface area contributed by atoms with Crippen molar-refractivity contribution in [3.05, 3.63) is 29.8 Å². The summed E-state index contributed by atoms with van der Waals surface area (Å²) in [5, 5.41) is 13.8. The molecule has 1 unspecified atom stereocenters. The molecule has 1 aliphatic heterocycles. The van der Waals surface area contributed by atoms with Gasteiger partial charge in [0.05, 0.1) is 13.2 Å². The van der Waals surface area contributed by atoms with Crippen LogP contribution in [0.1, 0.15) is 44.1 Å². The van der Waals surface area contributed by atoms with Crippen molar-refractivity contribution in [2.75, 3.05) is 13.2 Å². The molecule has 4 nitrogen and oxygen atoms in total. The van der Waals surface area contributed by atoms with Crippen molar-refractivity contribution < 1.29 is 14.6 Å². The van der Waals surface area contributed by atoms with Crippen LogP contribution in [0.4, 0.5) is 0 Å². The minimum absolute atomic E-state index is 0.0549. The molecule has 4 heteroatoms. The molecule has 0 spiro atoms. The molecule has 1 saturated carbocycles. The predicted octanol–water partition coefficient (Wildman–Crippen LogP) is 2.35. The van der Waals surface area contributed by atoms with Crippen LogP contribution in [0.25, 0.3) is 0 Å². The molecule has 1 aromatic rings. The zero-order valence-electron chi connectivity index (χ0n) is 12.3. The summed E-state index contributed by atoms with van der Waals surface area (Å²) < 4.78 is 5.56. The monoisotopic (exact) mass is 289 g/mol. The van der Waals surface area contributed by atoms with Crippen LogP contribution in [0.15, 0.2) is 24.3 Å². The number of aliphatic hydroxyl groups is 1. The Labute approximate surface area is 125 Å². The first-order chi connectivity index (χ1) is 10.2. The number of hydrogen-bond acceptors (Lipinski definition) is 3. The molecule has 2 aliphatic rings. The van der Waals surface area contributed by atoms with Gasteiger partial charge >= 0.3 is 0 Å². The summed E-state index contributed by atoms with van der Waals surface area (Å²) >= 11 is 0. The average Bonchev–Trinajstić information content (AvgIpc) is 2.99. The Morgan fingerprint density at radius 1 is 1.33 bits per heavy atom. The van der Waals surface area contributed by atoms with Crippen LogP contribution >= 0.6 is 0 Å². The van der Waals surface area contributed by atoms with Gasteiger partial charge in [-0.1, -0.05) is 31.0 Å². The van der Waals surface area contributed by atoms with Gasteiger partial charge < -0.3 is 15.2 Å². The fraction of sp³-hybridized carbons (Fsp3) is 0.588. The topological polar surface area (TPSA) is 58.6 Å². The maximum atomic E-state index is 12.0. The number of rotatable bonds is 4. The highest BCUT2D eigenvalue weighted by Gasteiger charge is 2.35. The van der Waals surface area contributed by atoms with Crippen LogP contribution < -0.4 is 10.1 Å². The molecule has 2 N–H and O–H groups in total. The van der Waals surface area contributed by atoms with E-state index in [9.17, 15) is 9.90 Å². The summed E-state index contributed by atoms with van der Waals surface area (Å²) in [4.78, 5) is 12.0. The molecule has 3 rings (SSSR count). The van der Waals surface area contributed by atoms with Crippen molar-refractivity contribution in [2.45, 2.75) is 44.1 Å². The van der Waals surface area contributed by atoms with Crippen molar-refractivity contribution in [1.29, 1.82) is 0 Å². The zero-order valence-corrected chi connectivity index (χ0v) is 12.3. The molecule has 1 amide bonds. The molecule has 1 atom stereocenters. The third-order valence-corrected chi connectivity index (χ3v) is 4.69. The molecule has 0 bridgehead atoms. The Morgan fingerprint density at radius 2 is 2.10 bits per heavy atom. The lowest BCUT2D eigenvalue weighted by molar-refractivity contribution is -0.123. The van der Waals surface area contributed by atoms with Gasteiger partial charge in [0.15, 0.2) is 0 Å². The Balaban J connectivity index is 1.60. The molecule has 0 radical (unpaired) electrons. The van der Waals surface area contributed by atoms with E-state index in [0.717, 1.165) is 24.2 Å². The number of nitrogens with one attached hydrogen (secondary N) is 1. The number of hydrogen-bond donors (Lipinski definition) is 2. The Bertz CT molecular complexity index is 511. The fourth-order valence-corrected chi connectivity index (χ4v) is 3.42. The van der Waals surface area contributed by atoms with Gasteiger partial charge in [0, 0.05) is 18.4 Å². The smallest absolute Gasteiger partial charge is 0.220 e. The van der Waals surface area contributed by atoms with Crippen LogP contribution in [-0.4, -0.2) is 24.2 Å². The molecular formula is C17H23NO3. The predicted molar refractivity (Wildman–Crippen MR) is 80.0 cm³/mol. The molecule has 114 valence electrons. The highest BCUT2D eigenvalue weighted by atomic mass is 16.5. The molecule has 1 heterocycles. The SMILES string of the molecule is O=C(CC1CCCC1)NCC1(O)CCOc2ccccc21. The second-order valence-electron chi connectivity index (χ2n) is 6.26. The summed E-state index contributed by atoms with van der Waals surface area (Å²) in [6.07, 6.45) is 5.91. The molecule has 1 aliphatic carbocycles. The highest BCUT2D eigenvalue weighted by Crippen LogP contribution is 2.36. The lowest BCUT2D eigenvalue weighted by Crippen LogP contribution is -2.44. The van der Waals surface area contributed by atoms with Gasteiger partial charge in [0.2, 0.25) is 5.91 Å². The van der Waals surface area contributed by atoms with E-state index in [0.29, 0.717) is 25.4 Å². The Hall–Kier alpha value is -1.55. The third kappa shape index (κ3) is 3.21. The minimum atomic E-state index is -1.01. The van der Waals surface area contributed by atoms with Gasteiger partial charge in [-0.15, -0.1) is 0 Å². The minimum Gasteiger partial charge on any atom is -0.493 e. The lowest BCUT2D eigenvalue weighted by atomic mass is 9.88. The Morgan fingerprint density at radius 3 is 2.90 bits per heavy atom. The first-order valence-corrected chi connectivity index (χ1v) is 7.89. The van der Waals surface area contributed by atoms with Crippen molar-refractivity contribution >= 4 is 5.91 Å². The normalized spacial score (nSPS) is 25.2. The second kappa shape index (κ2) is 6.06. The first kappa shape index (κ1) is 14.4. The average molecular weight is 289 g/mol. The van der Waals surface area contributed by atoms with Crippen LogP contribution in [0.5, 0.6) is 5.75 Å². The van der Waals surface area contributed by atoms with E-state index in [2.05, 4.69) is 5.32 Å². The van der Waals surface area contributed by atoms with E-state index < -0.39 is 5.60 Å². The van der Waals surface area contributed by atoms with Crippen LogP contribution in [-0.2, 0) is 10.4 Å². The van der Waals surface area contributed by atoms with E-state index in [4.69, 9.17) is 4.74 Å². The number of fused-ring (bicyclic) bond motifs is 1. The number of amides is 1. The van der Waals surface area contributed by atoms with Gasteiger partial charge in [0.1, 0.15) is 11.4 Å². The van der Waals surface area contributed by atoms with Gasteiger partial charge in [-0.2, -0.15) is 0 Å². The quantitative estimate of drug-likeness (QED) is 0.894. The van der Waals surface area contributed by atoms with E-state index in [-0.39, 0.29) is 12.5 Å². The molecule has 0 aromatic heterocycles. The van der Waals surface area contributed by atoms with E-state index in [1.54, 1.807) is 0 Å². The summed E-state index contributed by atoms with van der Waals surface area (Å²) in [6, 6.07) is 7.51. The van der Waals surface area contributed by atoms with Gasteiger partial charge in [-0.05, 0) is 24.8 Å². The maximum Gasteiger partial charge on any atom is 0.220 e. The van der Waals surface area contributed by atoms with Crippen molar-refractivity contribution in [3.8, 4) is 5.75 Å². The molecule has 1 aromatic carbocycles. The molecule has 0 saturated heterocycles. The first-order valence-electron chi connectivity index (χ1n) is 7.89. The summed E-state index contributed by atoms with van der Waals surface area (Å²) in [6.45, 7) is 0.741. The van der Waals surface area contributed by atoms with E-state index >= 15 is 0 Å². The molecular weight excluding hydrogens is 266 g/mol. The molecule has 21 heavy (non-hydrogen) atoms. The standard InChI is InChI=1S/C17H23NO3/c19-16(11-13-5-1-2-6-13)18-12-17(20)9-10-21-15-8-4-3-7-14(15)17/h3-4,7-8,13,20H,1-2,5-6,9-12H2,(H,18,19). The van der Waals surface area contributed by atoms with E-state index in [1.165, 1.54) is 12.8 Å². The lowest BCUT2D eigenvalue weighted by Gasteiger charge is -2.34. The number of benzene rings is 1.